The molecule has 2 aromatic rings. The van der Waals surface area contributed by atoms with E-state index in [4.69, 9.17) is 4.74 Å². The molecule has 0 bridgehead atoms. The van der Waals surface area contributed by atoms with Crippen molar-refractivity contribution in [3.05, 3.63) is 57.7 Å². The molecule has 2 aromatic carbocycles. The number of likely N-dealkylation sites (tertiary alicyclic amines) is 1. The zero-order valence-electron chi connectivity index (χ0n) is 14.6. The number of rotatable bonds is 4. The Morgan fingerprint density at radius 2 is 1.65 bits per heavy atom. The van der Waals surface area contributed by atoms with Crippen LogP contribution < -0.4 is 10.1 Å². The molecule has 2 amide bonds. The lowest BCUT2D eigenvalue weighted by Gasteiger charge is -2.31. The van der Waals surface area contributed by atoms with Crippen LogP contribution in [0.2, 0.25) is 0 Å². The van der Waals surface area contributed by atoms with Gasteiger partial charge in [0, 0.05) is 33.8 Å². The van der Waals surface area contributed by atoms with Gasteiger partial charge in [0.25, 0.3) is 0 Å². The van der Waals surface area contributed by atoms with Crippen molar-refractivity contribution in [3.63, 3.8) is 0 Å². The van der Waals surface area contributed by atoms with Gasteiger partial charge in [0.2, 0.25) is 0 Å². The fourth-order valence-corrected chi connectivity index (χ4v) is 3.43. The molecule has 26 heavy (non-hydrogen) atoms. The van der Waals surface area contributed by atoms with Crippen LogP contribution in [0.3, 0.4) is 0 Å². The predicted octanol–water partition coefficient (Wildman–Crippen LogP) is 4.43. The number of amides is 2. The van der Waals surface area contributed by atoms with Crippen molar-refractivity contribution < 1.29 is 14.3 Å². The number of nitrogens with zero attached hydrogens (tertiary/aromatic N) is 1. The van der Waals surface area contributed by atoms with E-state index in [1.54, 1.807) is 36.3 Å². The van der Waals surface area contributed by atoms with E-state index >= 15 is 0 Å². The molecule has 1 heterocycles. The standard InChI is InChI=1S/C20H21IN2O3/c1-26-18-8-2-14(3-9-18)19(24)15-10-12-23(13-11-15)20(25)22-17-6-4-16(21)5-7-17/h2-9,15H,10-13H2,1H3,(H,22,25). The third-order valence-electron chi connectivity index (χ3n) is 4.62. The molecule has 3 rings (SSSR count). The molecular formula is C20H21IN2O3. The SMILES string of the molecule is COc1ccc(C(=O)C2CCN(C(=O)Nc3ccc(I)cc3)CC2)cc1. The number of ketones is 1. The molecule has 0 aliphatic carbocycles. The van der Waals surface area contributed by atoms with Gasteiger partial charge in [-0.3, -0.25) is 4.79 Å². The Balaban J connectivity index is 1.53. The maximum Gasteiger partial charge on any atom is 0.321 e. The van der Waals surface area contributed by atoms with E-state index < -0.39 is 0 Å². The molecule has 136 valence electrons. The fraction of sp³-hybridized carbons (Fsp3) is 0.300. The normalized spacial score (nSPS) is 14.8. The van der Waals surface area contributed by atoms with Crippen molar-refractivity contribution in [2.45, 2.75) is 12.8 Å². The second-order valence-electron chi connectivity index (χ2n) is 6.29. The van der Waals surface area contributed by atoms with Crippen molar-refractivity contribution in [2.24, 2.45) is 5.92 Å². The number of methoxy groups -OCH3 is 1. The zero-order chi connectivity index (χ0) is 18.5. The summed E-state index contributed by atoms with van der Waals surface area (Å²) in [5.41, 5.74) is 1.49. The van der Waals surface area contributed by atoms with E-state index in [0.29, 0.717) is 31.5 Å². The summed E-state index contributed by atoms with van der Waals surface area (Å²) in [6.07, 6.45) is 1.37. The Morgan fingerprint density at radius 3 is 2.23 bits per heavy atom. The molecule has 0 radical (unpaired) electrons. The van der Waals surface area contributed by atoms with E-state index in [1.165, 1.54) is 0 Å². The molecular weight excluding hydrogens is 443 g/mol. The predicted molar refractivity (Wildman–Crippen MR) is 110 cm³/mol. The highest BCUT2D eigenvalue weighted by atomic mass is 127. The number of piperidine rings is 1. The summed E-state index contributed by atoms with van der Waals surface area (Å²) in [6.45, 7) is 1.17. The average molecular weight is 464 g/mol. The number of halogens is 1. The Bertz CT molecular complexity index is 767. The Hall–Kier alpha value is -2.09. The number of anilines is 1. The number of carbonyl (C=O) groups is 2. The van der Waals surface area contributed by atoms with Crippen LogP contribution in [-0.2, 0) is 0 Å². The van der Waals surface area contributed by atoms with Crippen LogP contribution in [0.1, 0.15) is 23.2 Å². The maximum absolute atomic E-state index is 12.6. The second-order valence-corrected chi connectivity index (χ2v) is 7.54. The summed E-state index contributed by atoms with van der Waals surface area (Å²) in [4.78, 5) is 26.8. The number of benzene rings is 2. The number of carbonyl (C=O) groups excluding carboxylic acids is 2. The highest BCUT2D eigenvalue weighted by Gasteiger charge is 2.28. The van der Waals surface area contributed by atoms with E-state index in [9.17, 15) is 9.59 Å². The lowest BCUT2D eigenvalue weighted by Crippen LogP contribution is -2.42. The van der Waals surface area contributed by atoms with Gasteiger partial charge in [-0.25, -0.2) is 4.79 Å². The Kier molecular flexibility index (Phi) is 6.13. The van der Waals surface area contributed by atoms with E-state index in [0.717, 1.165) is 15.0 Å². The Morgan fingerprint density at radius 1 is 1.04 bits per heavy atom. The summed E-state index contributed by atoms with van der Waals surface area (Å²) >= 11 is 2.23. The molecule has 1 saturated heterocycles. The minimum Gasteiger partial charge on any atom is -0.497 e. The van der Waals surface area contributed by atoms with Crippen molar-refractivity contribution >= 4 is 40.1 Å². The quantitative estimate of drug-likeness (QED) is 0.538. The number of hydrogen-bond acceptors (Lipinski definition) is 3. The molecule has 0 saturated carbocycles. The molecule has 1 N–H and O–H groups in total. The van der Waals surface area contributed by atoms with Crippen molar-refractivity contribution in [1.29, 1.82) is 0 Å². The van der Waals surface area contributed by atoms with Crippen LogP contribution >= 0.6 is 22.6 Å². The van der Waals surface area contributed by atoms with Gasteiger partial charge < -0.3 is 15.0 Å². The van der Waals surface area contributed by atoms with Crippen molar-refractivity contribution in [1.82, 2.24) is 4.90 Å². The van der Waals surface area contributed by atoms with Crippen LogP contribution in [0, 0.1) is 9.49 Å². The van der Waals surface area contributed by atoms with Gasteiger partial charge in [0.15, 0.2) is 5.78 Å². The van der Waals surface area contributed by atoms with Crippen molar-refractivity contribution in [2.75, 3.05) is 25.5 Å². The molecule has 0 atom stereocenters. The molecule has 6 heteroatoms. The fourth-order valence-electron chi connectivity index (χ4n) is 3.07. The maximum atomic E-state index is 12.6. The topological polar surface area (TPSA) is 58.6 Å². The van der Waals surface area contributed by atoms with Gasteiger partial charge in [-0.2, -0.15) is 0 Å². The van der Waals surface area contributed by atoms with Crippen LogP contribution in [0.25, 0.3) is 0 Å². The van der Waals surface area contributed by atoms with Gasteiger partial charge in [-0.15, -0.1) is 0 Å². The molecule has 1 fully saturated rings. The highest BCUT2D eigenvalue weighted by Crippen LogP contribution is 2.23. The van der Waals surface area contributed by atoms with Gasteiger partial charge >= 0.3 is 6.03 Å². The lowest BCUT2D eigenvalue weighted by molar-refractivity contribution is 0.0859. The Labute approximate surface area is 166 Å². The van der Waals surface area contributed by atoms with Crippen LogP contribution in [-0.4, -0.2) is 36.9 Å². The van der Waals surface area contributed by atoms with Crippen molar-refractivity contribution in [3.8, 4) is 5.75 Å². The molecule has 1 aliphatic rings. The average Bonchev–Trinajstić information content (AvgIpc) is 2.69. The van der Waals surface area contributed by atoms with Crippen LogP contribution in [0.5, 0.6) is 5.75 Å². The summed E-state index contributed by atoms with van der Waals surface area (Å²) in [6, 6.07) is 14.8. The van der Waals surface area contributed by atoms with Gasteiger partial charge in [0.1, 0.15) is 5.75 Å². The highest BCUT2D eigenvalue weighted by molar-refractivity contribution is 14.1. The van der Waals surface area contributed by atoms with E-state index in [-0.39, 0.29) is 17.7 Å². The van der Waals surface area contributed by atoms with Gasteiger partial charge in [-0.05, 0) is 84.0 Å². The minimum absolute atomic E-state index is 0.0363. The smallest absolute Gasteiger partial charge is 0.321 e. The summed E-state index contributed by atoms with van der Waals surface area (Å²) in [7, 11) is 1.60. The number of ether oxygens (including phenoxy) is 1. The monoisotopic (exact) mass is 464 g/mol. The first-order chi connectivity index (χ1) is 12.6. The lowest BCUT2D eigenvalue weighted by atomic mass is 9.89. The summed E-state index contributed by atoms with van der Waals surface area (Å²) in [5.74, 6) is 0.847. The first-order valence-electron chi connectivity index (χ1n) is 8.56. The van der Waals surface area contributed by atoms with E-state index in [2.05, 4.69) is 27.9 Å². The number of Topliss-reactive ketones (excluding diaryl/α,β-unsaturated/α-hetero) is 1. The number of hydrogen-bond donors (Lipinski definition) is 1. The first-order valence-corrected chi connectivity index (χ1v) is 9.64. The van der Waals surface area contributed by atoms with Crippen LogP contribution in [0.4, 0.5) is 10.5 Å². The summed E-state index contributed by atoms with van der Waals surface area (Å²) in [5, 5.41) is 2.91. The first kappa shape index (κ1) is 18.7. The van der Waals surface area contributed by atoms with Gasteiger partial charge in [0.05, 0.1) is 7.11 Å². The third kappa shape index (κ3) is 4.55. The minimum atomic E-state index is -0.110. The molecule has 5 nitrogen and oxygen atoms in total. The number of urea groups is 1. The van der Waals surface area contributed by atoms with Crippen LogP contribution in [0.15, 0.2) is 48.5 Å². The zero-order valence-corrected chi connectivity index (χ0v) is 16.7. The molecule has 0 spiro atoms. The molecule has 1 aliphatic heterocycles. The van der Waals surface area contributed by atoms with E-state index in [1.807, 2.05) is 24.3 Å². The number of nitrogens with one attached hydrogen (secondary N) is 1. The third-order valence-corrected chi connectivity index (χ3v) is 5.34. The largest absolute Gasteiger partial charge is 0.497 e. The summed E-state index contributed by atoms with van der Waals surface area (Å²) < 4.78 is 6.25. The second kappa shape index (κ2) is 8.53. The molecule has 0 aromatic heterocycles. The molecule has 0 unspecified atom stereocenters. The van der Waals surface area contributed by atoms with Gasteiger partial charge in [-0.1, -0.05) is 0 Å².